The van der Waals surface area contributed by atoms with Crippen molar-refractivity contribution in [3.63, 3.8) is 0 Å². The van der Waals surface area contributed by atoms with Gasteiger partial charge in [-0.1, -0.05) is 49.2 Å². The Hall–Kier alpha value is -3.22. The van der Waals surface area contributed by atoms with Crippen LogP contribution in [0.4, 0.5) is 5.13 Å². The van der Waals surface area contributed by atoms with Crippen LogP contribution in [0.25, 0.3) is 0 Å². The van der Waals surface area contributed by atoms with Crippen molar-refractivity contribution in [1.82, 2.24) is 4.98 Å². The van der Waals surface area contributed by atoms with E-state index in [0.717, 1.165) is 12.0 Å². The summed E-state index contributed by atoms with van der Waals surface area (Å²) in [5.74, 6) is 0.629. The molecule has 1 saturated carbocycles. The SMILES string of the molecule is CS(=O)(=O)c1ccc([C@@H](CCC2CCCC2)C(=O)Nc2ncc(Oc3ccc(C#N)cc3)s2)cc1. The zero-order valence-electron chi connectivity index (χ0n) is 19.4. The lowest BCUT2D eigenvalue weighted by Crippen LogP contribution is -2.22. The van der Waals surface area contributed by atoms with Crippen molar-refractivity contribution in [2.24, 2.45) is 5.92 Å². The number of nitrogens with one attached hydrogen (secondary N) is 1. The zero-order valence-corrected chi connectivity index (χ0v) is 21.1. The van der Waals surface area contributed by atoms with Crippen LogP contribution in [-0.2, 0) is 14.6 Å². The molecule has 1 N–H and O–H groups in total. The maximum absolute atomic E-state index is 13.3. The summed E-state index contributed by atoms with van der Waals surface area (Å²) in [4.78, 5) is 17.8. The summed E-state index contributed by atoms with van der Waals surface area (Å²) in [5.41, 5.74) is 1.33. The number of benzene rings is 2. The molecular weight excluding hydrogens is 482 g/mol. The highest BCUT2D eigenvalue weighted by Crippen LogP contribution is 2.35. The van der Waals surface area contributed by atoms with E-state index in [9.17, 15) is 13.2 Å². The Labute approximate surface area is 209 Å². The molecule has 1 amide bonds. The molecule has 2 aromatic carbocycles. The van der Waals surface area contributed by atoms with Crippen molar-refractivity contribution in [2.75, 3.05) is 11.6 Å². The van der Waals surface area contributed by atoms with Crippen molar-refractivity contribution < 1.29 is 17.9 Å². The molecule has 1 heterocycles. The van der Waals surface area contributed by atoms with Crippen molar-refractivity contribution in [3.8, 4) is 16.9 Å². The first-order valence-corrected chi connectivity index (χ1v) is 14.3. The van der Waals surface area contributed by atoms with Gasteiger partial charge < -0.3 is 10.1 Å². The molecule has 1 atom stereocenters. The lowest BCUT2D eigenvalue weighted by molar-refractivity contribution is -0.117. The quantitative estimate of drug-likeness (QED) is 0.384. The van der Waals surface area contributed by atoms with E-state index in [1.807, 2.05) is 0 Å². The molecule has 1 fully saturated rings. The summed E-state index contributed by atoms with van der Waals surface area (Å²) >= 11 is 1.22. The maximum Gasteiger partial charge on any atom is 0.233 e. The highest BCUT2D eigenvalue weighted by molar-refractivity contribution is 7.90. The van der Waals surface area contributed by atoms with Crippen molar-refractivity contribution in [2.45, 2.75) is 49.3 Å². The first-order valence-electron chi connectivity index (χ1n) is 11.6. The van der Waals surface area contributed by atoms with Crippen LogP contribution < -0.4 is 10.1 Å². The van der Waals surface area contributed by atoms with E-state index < -0.39 is 15.8 Å². The van der Waals surface area contributed by atoms with Gasteiger partial charge in [-0.15, -0.1) is 0 Å². The Kier molecular flexibility index (Phi) is 7.83. The minimum absolute atomic E-state index is 0.172. The number of hydrogen-bond acceptors (Lipinski definition) is 7. The second-order valence-electron chi connectivity index (χ2n) is 8.83. The molecule has 1 aromatic heterocycles. The Balaban J connectivity index is 1.46. The van der Waals surface area contributed by atoms with Crippen LogP contribution >= 0.6 is 11.3 Å². The summed E-state index contributed by atoms with van der Waals surface area (Å²) in [6.07, 6.45) is 9.25. The van der Waals surface area contributed by atoms with E-state index in [4.69, 9.17) is 10.00 Å². The molecule has 4 rings (SSSR count). The van der Waals surface area contributed by atoms with E-state index in [2.05, 4.69) is 16.4 Å². The number of sulfone groups is 1. The van der Waals surface area contributed by atoms with Gasteiger partial charge in [-0.25, -0.2) is 13.4 Å². The van der Waals surface area contributed by atoms with E-state index in [-0.39, 0.29) is 10.8 Å². The smallest absolute Gasteiger partial charge is 0.233 e. The molecule has 0 aliphatic heterocycles. The molecule has 182 valence electrons. The summed E-state index contributed by atoms with van der Waals surface area (Å²) in [5, 5.41) is 12.8. The van der Waals surface area contributed by atoms with Crippen LogP contribution in [0.15, 0.2) is 59.6 Å². The molecule has 0 spiro atoms. The van der Waals surface area contributed by atoms with Gasteiger partial charge in [-0.3, -0.25) is 4.79 Å². The van der Waals surface area contributed by atoms with Gasteiger partial charge in [0, 0.05) is 6.26 Å². The highest BCUT2D eigenvalue weighted by Gasteiger charge is 2.25. The monoisotopic (exact) mass is 509 g/mol. The number of nitriles is 1. The van der Waals surface area contributed by atoms with Crippen LogP contribution in [0.5, 0.6) is 10.8 Å². The van der Waals surface area contributed by atoms with Crippen molar-refractivity contribution >= 4 is 32.2 Å². The summed E-state index contributed by atoms with van der Waals surface area (Å²) < 4.78 is 29.5. The van der Waals surface area contributed by atoms with Gasteiger partial charge in [0.1, 0.15) is 5.75 Å². The Morgan fingerprint density at radius 2 is 1.86 bits per heavy atom. The number of aromatic nitrogens is 1. The van der Waals surface area contributed by atoms with Crippen LogP contribution in [0.1, 0.15) is 55.6 Å². The lowest BCUT2D eigenvalue weighted by atomic mass is 9.89. The van der Waals surface area contributed by atoms with E-state index in [1.54, 1.807) is 54.7 Å². The Morgan fingerprint density at radius 3 is 2.49 bits per heavy atom. The first kappa shape index (κ1) is 24.9. The number of anilines is 1. The topological polar surface area (TPSA) is 109 Å². The standard InChI is InChI=1S/C26H27N3O4S2/c1-35(31,32)22-13-9-20(10-14-22)23(15-8-18-4-2-3-5-18)25(30)29-26-28-17-24(34-26)33-21-11-6-19(16-27)7-12-21/h6-7,9-14,17-18,23H,2-5,8,15H2,1H3,(H,28,29,30)/t23-/m1/s1. The van der Waals surface area contributed by atoms with Gasteiger partial charge in [0.2, 0.25) is 11.0 Å². The molecule has 1 aliphatic rings. The molecule has 0 radical (unpaired) electrons. The Bertz CT molecular complexity index is 1300. The third-order valence-corrected chi connectivity index (χ3v) is 8.20. The van der Waals surface area contributed by atoms with Gasteiger partial charge >= 0.3 is 0 Å². The van der Waals surface area contributed by atoms with Gasteiger partial charge in [-0.2, -0.15) is 5.26 Å². The van der Waals surface area contributed by atoms with Crippen LogP contribution in [-0.4, -0.2) is 25.6 Å². The summed E-state index contributed by atoms with van der Waals surface area (Å²) in [6.45, 7) is 0. The minimum Gasteiger partial charge on any atom is -0.445 e. The minimum atomic E-state index is -3.31. The van der Waals surface area contributed by atoms with E-state index in [0.29, 0.717) is 33.8 Å². The fourth-order valence-corrected chi connectivity index (χ4v) is 5.69. The highest BCUT2D eigenvalue weighted by atomic mass is 32.2. The number of carbonyl (C=O) groups is 1. The molecule has 0 unspecified atom stereocenters. The molecule has 7 nitrogen and oxygen atoms in total. The summed E-state index contributed by atoms with van der Waals surface area (Å²) in [7, 11) is -3.31. The second kappa shape index (κ2) is 11.0. The van der Waals surface area contributed by atoms with E-state index >= 15 is 0 Å². The third-order valence-electron chi connectivity index (χ3n) is 6.28. The predicted octanol–water partition coefficient (Wildman–Crippen LogP) is 5.90. The number of nitrogens with zero attached hydrogens (tertiary/aromatic N) is 2. The predicted molar refractivity (Wildman–Crippen MR) is 135 cm³/mol. The third kappa shape index (κ3) is 6.68. The zero-order chi connectivity index (χ0) is 24.8. The molecule has 35 heavy (non-hydrogen) atoms. The lowest BCUT2D eigenvalue weighted by Gasteiger charge is -2.19. The summed E-state index contributed by atoms with van der Waals surface area (Å²) in [6, 6.07) is 15.4. The number of rotatable bonds is 9. The molecule has 1 aliphatic carbocycles. The second-order valence-corrected chi connectivity index (χ2v) is 11.8. The van der Waals surface area contributed by atoms with Gasteiger partial charge in [0.05, 0.1) is 28.6 Å². The number of hydrogen-bond donors (Lipinski definition) is 1. The Morgan fingerprint density at radius 1 is 1.17 bits per heavy atom. The van der Waals surface area contributed by atoms with Gasteiger partial charge in [0.15, 0.2) is 15.0 Å². The normalized spacial score (nSPS) is 14.9. The number of ether oxygens (including phenoxy) is 1. The molecule has 0 bridgehead atoms. The number of carbonyl (C=O) groups excluding carboxylic acids is 1. The molecular formula is C26H27N3O4S2. The van der Waals surface area contributed by atoms with Gasteiger partial charge in [-0.05, 0) is 60.7 Å². The maximum atomic E-state index is 13.3. The van der Waals surface area contributed by atoms with E-state index in [1.165, 1.54) is 43.3 Å². The van der Waals surface area contributed by atoms with Crippen LogP contribution in [0.3, 0.4) is 0 Å². The average Bonchev–Trinajstić information content (AvgIpc) is 3.52. The number of thiazole rings is 1. The molecule has 0 saturated heterocycles. The fourth-order valence-electron chi connectivity index (χ4n) is 4.37. The molecule has 9 heteroatoms. The fraction of sp³-hybridized carbons (Fsp3) is 0.346. The average molecular weight is 510 g/mol. The van der Waals surface area contributed by atoms with Gasteiger partial charge in [0.25, 0.3) is 0 Å². The largest absolute Gasteiger partial charge is 0.445 e. The van der Waals surface area contributed by atoms with Crippen molar-refractivity contribution in [3.05, 3.63) is 65.9 Å². The van der Waals surface area contributed by atoms with Crippen LogP contribution in [0, 0.1) is 17.2 Å². The van der Waals surface area contributed by atoms with Crippen molar-refractivity contribution in [1.29, 1.82) is 5.26 Å². The first-order chi connectivity index (χ1) is 16.8. The molecule has 3 aromatic rings. The van der Waals surface area contributed by atoms with Crippen LogP contribution in [0.2, 0.25) is 0 Å². The number of amides is 1.